The van der Waals surface area contributed by atoms with E-state index in [0.717, 1.165) is 14.9 Å². The molecule has 3 N–H and O–H groups in total. The van der Waals surface area contributed by atoms with Crippen LogP contribution in [0.2, 0.25) is 0 Å². The molecule has 6 nitrogen and oxygen atoms in total. The van der Waals surface area contributed by atoms with Crippen LogP contribution in [0, 0.1) is 0 Å². The fourth-order valence-corrected chi connectivity index (χ4v) is 3.18. The summed E-state index contributed by atoms with van der Waals surface area (Å²) in [6, 6.07) is 5.77. The molecule has 100 valence electrons. The van der Waals surface area contributed by atoms with Gasteiger partial charge in [-0.15, -0.1) is 11.8 Å². The van der Waals surface area contributed by atoms with E-state index in [1.807, 2.05) is 31.5 Å². The van der Waals surface area contributed by atoms with Crippen LogP contribution in [-0.4, -0.2) is 32.1 Å². The highest BCUT2D eigenvalue weighted by Gasteiger charge is 2.15. The summed E-state index contributed by atoms with van der Waals surface area (Å²) in [5.74, 6) is 0.0922. The highest BCUT2D eigenvalue weighted by Crippen LogP contribution is 2.33. The maximum absolute atomic E-state index is 8.92. The molecular weight excluding hydrogens is 282 g/mol. The van der Waals surface area contributed by atoms with Crippen molar-refractivity contribution >= 4 is 29.4 Å². The van der Waals surface area contributed by atoms with Crippen molar-refractivity contribution < 1.29 is 5.21 Å². The molecule has 0 saturated heterocycles. The number of nitrogens with two attached hydrogens (primary N) is 1. The first-order valence-corrected chi connectivity index (χ1v) is 7.38. The third-order valence-corrected chi connectivity index (χ3v) is 4.34. The average Bonchev–Trinajstić information content (AvgIpc) is 2.83. The minimum absolute atomic E-state index is 0.0922. The Bertz CT molecular complexity index is 611. The second kappa shape index (κ2) is 5.98. The van der Waals surface area contributed by atoms with Crippen LogP contribution in [0.5, 0.6) is 0 Å². The molecule has 1 aromatic heterocycles. The number of rotatable bonds is 4. The third-order valence-electron chi connectivity index (χ3n) is 2.44. The molecule has 2 rings (SSSR count). The predicted octanol–water partition coefficient (Wildman–Crippen LogP) is 1.78. The average molecular weight is 295 g/mol. The van der Waals surface area contributed by atoms with Gasteiger partial charge in [-0.1, -0.05) is 11.2 Å². The molecular formula is C11H13N5OS2. The van der Waals surface area contributed by atoms with Crippen LogP contribution in [0.3, 0.4) is 0 Å². The highest BCUT2D eigenvalue weighted by atomic mass is 32.2. The van der Waals surface area contributed by atoms with Crippen molar-refractivity contribution in [2.75, 3.05) is 6.26 Å². The molecule has 0 fully saturated rings. The zero-order chi connectivity index (χ0) is 13.8. The second-order valence-electron chi connectivity index (χ2n) is 3.59. The molecule has 0 bridgehead atoms. The summed E-state index contributed by atoms with van der Waals surface area (Å²) < 4.78 is 1.67. The Morgan fingerprint density at radius 2 is 2.16 bits per heavy atom. The standard InChI is InChI=1S/C11H13N5OS2/c1-16-11(13-6-14-16)19-8-5-3-4-7(18-2)9(8)10(12)15-17/h3-6,17H,1-2H3,(H2,12,15). The number of hydrogen-bond donors (Lipinski definition) is 2. The molecule has 0 amide bonds. The summed E-state index contributed by atoms with van der Waals surface area (Å²) in [7, 11) is 1.82. The van der Waals surface area contributed by atoms with Crippen molar-refractivity contribution in [1.29, 1.82) is 0 Å². The van der Waals surface area contributed by atoms with Crippen molar-refractivity contribution in [3.8, 4) is 0 Å². The molecule has 0 aliphatic rings. The van der Waals surface area contributed by atoms with E-state index in [4.69, 9.17) is 10.9 Å². The number of amidine groups is 1. The monoisotopic (exact) mass is 295 g/mol. The first kappa shape index (κ1) is 13.8. The molecule has 1 aromatic carbocycles. The van der Waals surface area contributed by atoms with Crippen molar-refractivity contribution in [3.63, 3.8) is 0 Å². The SMILES string of the molecule is CSc1cccc(Sc2ncnn2C)c1/C(N)=N/O. The van der Waals surface area contributed by atoms with E-state index >= 15 is 0 Å². The van der Waals surface area contributed by atoms with E-state index in [1.165, 1.54) is 18.1 Å². The molecule has 0 radical (unpaired) electrons. The number of hydrogen-bond acceptors (Lipinski definition) is 6. The van der Waals surface area contributed by atoms with Crippen LogP contribution >= 0.6 is 23.5 Å². The first-order valence-electron chi connectivity index (χ1n) is 5.34. The van der Waals surface area contributed by atoms with Crippen LogP contribution in [0.15, 0.2) is 44.6 Å². The van der Waals surface area contributed by atoms with E-state index in [9.17, 15) is 0 Å². The van der Waals surface area contributed by atoms with Gasteiger partial charge >= 0.3 is 0 Å². The Kier molecular flexibility index (Phi) is 4.33. The second-order valence-corrected chi connectivity index (χ2v) is 5.44. The summed E-state index contributed by atoms with van der Waals surface area (Å²) in [4.78, 5) is 5.98. The van der Waals surface area contributed by atoms with E-state index < -0.39 is 0 Å². The van der Waals surface area contributed by atoms with Crippen LogP contribution < -0.4 is 5.73 Å². The third kappa shape index (κ3) is 2.85. The normalized spacial score (nSPS) is 11.8. The summed E-state index contributed by atoms with van der Waals surface area (Å²) in [6.45, 7) is 0. The summed E-state index contributed by atoms with van der Waals surface area (Å²) >= 11 is 2.97. The van der Waals surface area contributed by atoms with Crippen LogP contribution in [-0.2, 0) is 7.05 Å². The van der Waals surface area contributed by atoms with Crippen molar-refractivity contribution in [1.82, 2.24) is 14.8 Å². The molecule has 0 saturated carbocycles. The lowest BCUT2D eigenvalue weighted by molar-refractivity contribution is 0.318. The van der Waals surface area contributed by atoms with Gasteiger partial charge in [0.2, 0.25) is 0 Å². The van der Waals surface area contributed by atoms with Crippen LogP contribution in [0.1, 0.15) is 5.56 Å². The molecule has 19 heavy (non-hydrogen) atoms. The van der Waals surface area contributed by atoms with Gasteiger partial charge in [-0.05, 0) is 30.2 Å². The molecule has 0 aliphatic heterocycles. The van der Waals surface area contributed by atoms with Gasteiger partial charge in [0.25, 0.3) is 0 Å². The maximum Gasteiger partial charge on any atom is 0.190 e. The zero-order valence-electron chi connectivity index (χ0n) is 10.4. The lowest BCUT2D eigenvalue weighted by Gasteiger charge is -2.11. The Balaban J connectivity index is 2.48. The fraction of sp³-hybridized carbons (Fsp3) is 0.182. The molecule has 0 spiro atoms. The maximum atomic E-state index is 8.92. The van der Waals surface area contributed by atoms with E-state index in [1.54, 1.807) is 16.4 Å². The molecule has 1 heterocycles. The Morgan fingerprint density at radius 1 is 1.42 bits per heavy atom. The quantitative estimate of drug-likeness (QED) is 0.294. The van der Waals surface area contributed by atoms with Gasteiger partial charge in [0.15, 0.2) is 11.0 Å². The minimum atomic E-state index is 0.0922. The zero-order valence-corrected chi connectivity index (χ0v) is 12.1. The highest BCUT2D eigenvalue weighted by molar-refractivity contribution is 7.99. The number of benzene rings is 1. The van der Waals surface area contributed by atoms with Gasteiger partial charge in [0.1, 0.15) is 6.33 Å². The fourth-order valence-electron chi connectivity index (χ4n) is 1.54. The molecule has 0 atom stereocenters. The predicted molar refractivity (Wildman–Crippen MR) is 75.9 cm³/mol. The lowest BCUT2D eigenvalue weighted by Crippen LogP contribution is -2.15. The van der Waals surface area contributed by atoms with Gasteiger partial charge in [-0.2, -0.15) is 5.10 Å². The number of nitrogens with zero attached hydrogens (tertiary/aromatic N) is 4. The van der Waals surface area contributed by atoms with Crippen LogP contribution in [0.25, 0.3) is 0 Å². The number of aromatic nitrogens is 3. The molecule has 2 aromatic rings. The number of oxime groups is 1. The summed E-state index contributed by atoms with van der Waals surface area (Å²) in [5.41, 5.74) is 6.48. The molecule has 0 unspecified atom stereocenters. The van der Waals surface area contributed by atoms with Gasteiger partial charge in [-0.3, -0.25) is 0 Å². The van der Waals surface area contributed by atoms with Crippen molar-refractivity contribution in [2.24, 2.45) is 17.9 Å². The Morgan fingerprint density at radius 3 is 2.74 bits per heavy atom. The van der Waals surface area contributed by atoms with E-state index in [-0.39, 0.29) is 5.84 Å². The van der Waals surface area contributed by atoms with E-state index in [0.29, 0.717) is 5.56 Å². The van der Waals surface area contributed by atoms with E-state index in [2.05, 4.69) is 15.2 Å². The summed E-state index contributed by atoms with van der Waals surface area (Å²) in [6.07, 6.45) is 3.43. The van der Waals surface area contributed by atoms with Gasteiger partial charge < -0.3 is 10.9 Å². The van der Waals surface area contributed by atoms with Crippen LogP contribution in [0.4, 0.5) is 0 Å². The first-order chi connectivity index (χ1) is 9.17. The topological polar surface area (TPSA) is 89.3 Å². The molecule has 0 aliphatic carbocycles. The smallest absolute Gasteiger partial charge is 0.190 e. The Hall–Kier alpha value is -1.67. The van der Waals surface area contributed by atoms with Gasteiger partial charge in [0, 0.05) is 22.4 Å². The number of aryl methyl sites for hydroxylation is 1. The minimum Gasteiger partial charge on any atom is -0.409 e. The van der Waals surface area contributed by atoms with Gasteiger partial charge in [0.05, 0.1) is 0 Å². The Labute approximate surface area is 119 Å². The van der Waals surface area contributed by atoms with Crippen molar-refractivity contribution in [2.45, 2.75) is 14.9 Å². The van der Waals surface area contributed by atoms with Crippen molar-refractivity contribution in [3.05, 3.63) is 30.1 Å². The van der Waals surface area contributed by atoms with Gasteiger partial charge in [-0.25, -0.2) is 9.67 Å². The number of thioether (sulfide) groups is 1. The molecule has 8 heteroatoms. The largest absolute Gasteiger partial charge is 0.409 e. The summed E-state index contributed by atoms with van der Waals surface area (Å²) in [5, 5.41) is 16.8. The lowest BCUT2D eigenvalue weighted by atomic mass is 10.2.